The number of carbonyl (C=O) groups excluding carboxylic acids is 1. The molecule has 3 heterocycles. The van der Waals surface area contributed by atoms with E-state index in [2.05, 4.69) is 9.97 Å². The van der Waals surface area contributed by atoms with Gasteiger partial charge < -0.3 is 14.6 Å². The van der Waals surface area contributed by atoms with Gasteiger partial charge in [-0.1, -0.05) is 18.2 Å². The van der Waals surface area contributed by atoms with Crippen LogP contribution in [-0.2, 0) is 4.79 Å². The highest BCUT2D eigenvalue weighted by Crippen LogP contribution is 2.30. The number of hydrogen-bond donors (Lipinski definition) is 1. The van der Waals surface area contributed by atoms with E-state index in [9.17, 15) is 9.59 Å². The second kappa shape index (κ2) is 8.39. The van der Waals surface area contributed by atoms with E-state index in [1.807, 2.05) is 47.2 Å². The van der Waals surface area contributed by atoms with Crippen LogP contribution in [0.2, 0.25) is 0 Å². The second-order valence-corrected chi connectivity index (χ2v) is 7.51. The number of aromatic nitrogens is 2. The second-order valence-electron chi connectivity index (χ2n) is 6.73. The van der Waals surface area contributed by atoms with Crippen molar-refractivity contribution in [1.29, 1.82) is 0 Å². The summed E-state index contributed by atoms with van der Waals surface area (Å²) in [4.78, 5) is 34.3. The SMILES string of the molecule is O=C(COc1ccccc1)N1CCCC[C@H]1c1nc(-c2ccsc2)cc(=O)[nH]1. The van der Waals surface area contributed by atoms with Crippen LogP contribution < -0.4 is 10.3 Å². The van der Waals surface area contributed by atoms with Gasteiger partial charge in [-0.05, 0) is 42.8 Å². The van der Waals surface area contributed by atoms with E-state index in [1.54, 1.807) is 16.2 Å². The molecule has 4 rings (SSSR count). The summed E-state index contributed by atoms with van der Waals surface area (Å²) in [6, 6.07) is 12.5. The molecule has 1 aliphatic heterocycles. The van der Waals surface area contributed by atoms with Crippen LogP contribution in [0.3, 0.4) is 0 Å². The molecule has 1 atom stereocenters. The number of nitrogens with zero attached hydrogens (tertiary/aromatic N) is 2. The molecule has 0 saturated carbocycles. The first-order valence-corrected chi connectivity index (χ1v) is 10.3. The third-order valence-corrected chi connectivity index (χ3v) is 5.50. The van der Waals surface area contributed by atoms with Gasteiger partial charge in [-0.2, -0.15) is 11.3 Å². The van der Waals surface area contributed by atoms with Crippen molar-refractivity contribution in [3.8, 4) is 17.0 Å². The van der Waals surface area contributed by atoms with Gasteiger partial charge in [0.05, 0.1) is 11.7 Å². The van der Waals surface area contributed by atoms with E-state index in [0.717, 1.165) is 24.8 Å². The normalized spacial score (nSPS) is 16.7. The van der Waals surface area contributed by atoms with Crippen LogP contribution in [0.4, 0.5) is 0 Å². The van der Waals surface area contributed by atoms with Gasteiger partial charge in [0.1, 0.15) is 11.6 Å². The van der Waals surface area contributed by atoms with Crippen molar-refractivity contribution in [2.45, 2.75) is 25.3 Å². The van der Waals surface area contributed by atoms with Crippen LogP contribution in [0.25, 0.3) is 11.3 Å². The Morgan fingerprint density at radius 3 is 2.89 bits per heavy atom. The predicted molar refractivity (Wildman–Crippen MR) is 108 cm³/mol. The molecule has 0 bridgehead atoms. The summed E-state index contributed by atoms with van der Waals surface area (Å²) in [6.45, 7) is 0.600. The zero-order valence-electron chi connectivity index (χ0n) is 15.3. The van der Waals surface area contributed by atoms with Crippen LogP contribution >= 0.6 is 11.3 Å². The van der Waals surface area contributed by atoms with Crippen LogP contribution in [0, 0.1) is 0 Å². The first kappa shape index (κ1) is 18.4. The highest BCUT2D eigenvalue weighted by molar-refractivity contribution is 7.08. The van der Waals surface area contributed by atoms with Crippen molar-refractivity contribution in [2.24, 2.45) is 0 Å². The summed E-state index contributed by atoms with van der Waals surface area (Å²) in [5.74, 6) is 1.11. The van der Waals surface area contributed by atoms with Crippen LogP contribution in [-0.4, -0.2) is 33.9 Å². The minimum Gasteiger partial charge on any atom is -0.484 e. The molecule has 0 unspecified atom stereocenters. The standard InChI is InChI=1S/C21H21N3O3S/c25-19-12-17(15-9-11-28-14-15)22-21(23-19)18-8-4-5-10-24(18)20(26)13-27-16-6-2-1-3-7-16/h1-3,6-7,9,11-12,14,18H,4-5,8,10,13H2,(H,22,23,25)/t18-/m0/s1. The molecule has 1 saturated heterocycles. The molecule has 6 nitrogen and oxygen atoms in total. The number of likely N-dealkylation sites (tertiary alicyclic amines) is 1. The zero-order valence-corrected chi connectivity index (χ0v) is 16.2. The molecule has 1 amide bonds. The number of carbonyl (C=O) groups is 1. The number of benzene rings is 1. The first-order chi connectivity index (χ1) is 13.7. The van der Waals surface area contributed by atoms with Crippen LogP contribution in [0.15, 0.2) is 58.0 Å². The Hall–Kier alpha value is -2.93. The van der Waals surface area contributed by atoms with Crippen molar-refractivity contribution < 1.29 is 9.53 Å². The van der Waals surface area contributed by atoms with E-state index in [0.29, 0.717) is 23.8 Å². The Bertz CT molecular complexity index is 986. The fourth-order valence-electron chi connectivity index (χ4n) is 3.45. The lowest BCUT2D eigenvalue weighted by Gasteiger charge is -2.35. The number of H-pyrrole nitrogens is 1. The summed E-state index contributed by atoms with van der Waals surface area (Å²) >= 11 is 1.56. The summed E-state index contributed by atoms with van der Waals surface area (Å²) < 4.78 is 5.63. The fraction of sp³-hybridized carbons (Fsp3) is 0.286. The van der Waals surface area contributed by atoms with E-state index in [4.69, 9.17) is 4.74 Å². The molecule has 3 aromatic rings. The van der Waals surface area contributed by atoms with Gasteiger partial charge in [0.2, 0.25) is 0 Å². The maximum Gasteiger partial charge on any atom is 0.261 e. The van der Waals surface area contributed by atoms with E-state index in [-0.39, 0.29) is 24.1 Å². The number of hydrogen-bond acceptors (Lipinski definition) is 5. The molecule has 28 heavy (non-hydrogen) atoms. The van der Waals surface area contributed by atoms with Crippen molar-refractivity contribution in [3.05, 3.63) is 69.4 Å². The Labute approximate surface area is 166 Å². The molecule has 7 heteroatoms. The number of para-hydroxylation sites is 1. The quantitative estimate of drug-likeness (QED) is 0.716. The van der Waals surface area contributed by atoms with E-state index >= 15 is 0 Å². The molecule has 144 valence electrons. The topological polar surface area (TPSA) is 75.3 Å². The Morgan fingerprint density at radius 1 is 1.25 bits per heavy atom. The van der Waals surface area contributed by atoms with Crippen molar-refractivity contribution >= 4 is 17.2 Å². The zero-order chi connectivity index (χ0) is 19.3. The maximum atomic E-state index is 12.8. The fourth-order valence-corrected chi connectivity index (χ4v) is 4.10. The molecule has 1 aromatic carbocycles. The van der Waals surface area contributed by atoms with E-state index < -0.39 is 0 Å². The molecule has 1 aliphatic rings. The number of thiophene rings is 1. The lowest BCUT2D eigenvalue weighted by Crippen LogP contribution is -2.42. The lowest BCUT2D eigenvalue weighted by atomic mass is 10.0. The van der Waals surface area contributed by atoms with Crippen molar-refractivity contribution in [3.63, 3.8) is 0 Å². The monoisotopic (exact) mass is 395 g/mol. The van der Waals surface area contributed by atoms with Crippen LogP contribution in [0.5, 0.6) is 5.75 Å². The Kier molecular flexibility index (Phi) is 5.53. The average molecular weight is 395 g/mol. The Balaban J connectivity index is 1.55. The molecule has 1 fully saturated rings. The van der Waals surface area contributed by atoms with E-state index in [1.165, 1.54) is 6.07 Å². The number of nitrogens with one attached hydrogen (secondary N) is 1. The minimum atomic E-state index is -0.244. The van der Waals surface area contributed by atoms with Gasteiger partial charge in [-0.3, -0.25) is 9.59 Å². The molecular formula is C21H21N3O3S. The van der Waals surface area contributed by atoms with Gasteiger partial charge in [0, 0.05) is 23.6 Å². The molecular weight excluding hydrogens is 374 g/mol. The smallest absolute Gasteiger partial charge is 0.261 e. The third-order valence-electron chi connectivity index (χ3n) is 4.82. The number of piperidine rings is 1. The van der Waals surface area contributed by atoms with Gasteiger partial charge >= 0.3 is 0 Å². The molecule has 0 spiro atoms. The number of rotatable bonds is 5. The van der Waals surface area contributed by atoms with Crippen LogP contribution in [0.1, 0.15) is 31.1 Å². The summed E-state index contributed by atoms with van der Waals surface area (Å²) in [6.07, 6.45) is 2.69. The Morgan fingerprint density at radius 2 is 2.11 bits per heavy atom. The maximum absolute atomic E-state index is 12.8. The first-order valence-electron chi connectivity index (χ1n) is 9.32. The predicted octanol–water partition coefficient (Wildman–Crippen LogP) is 3.63. The van der Waals surface area contributed by atoms with Crippen molar-refractivity contribution in [1.82, 2.24) is 14.9 Å². The highest BCUT2D eigenvalue weighted by atomic mass is 32.1. The number of ether oxygens (including phenoxy) is 1. The molecule has 0 radical (unpaired) electrons. The third kappa shape index (κ3) is 4.14. The summed E-state index contributed by atoms with van der Waals surface area (Å²) in [5, 5.41) is 3.91. The van der Waals surface area contributed by atoms with Gasteiger partial charge in [-0.25, -0.2) is 4.98 Å². The average Bonchev–Trinajstić information content (AvgIpc) is 3.27. The van der Waals surface area contributed by atoms with Gasteiger partial charge in [0.15, 0.2) is 6.61 Å². The lowest BCUT2D eigenvalue weighted by molar-refractivity contribution is -0.137. The number of amides is 1. The minimum absolute atomic E-state index is 0.0328. The molecule has 2 aromatic heterocycles. The highest BCUT2D eigenvalue weighted by Gasteiger charge is 2.30. The molecule has 0 aliphatic carbocycles. The molecule has 1 N–H and O–H groups in total. The van der Waals surface area contributed by atoms with Crippen molar-refractivity contribution in [2.75, 3.05) is 13.2 Å². The van der Waals surface area contributed by atoms with Gasteiger partial charge in [-0.15, -0.1) is 0 Å². The summed E-state index contributed by atoms with van der Waals surface area (Å²) in [5.41, 5.74) is 1.35. The van der Waals surface area contributed by atoms with Gasteiger partial charge in [0.25, 0.3) is 11.5 Å². The summed E-state index contributed by atoms with van der Waals surface area (Å²) in [7, 11) is 0. The largest absolute Gasteiger partial charge is 0.484 e. The number of aromatic amines is 1.